The van der Waals surface area contributed by atoms with Crippen molar-refractivity contribution in [2.24, 2.45) is 16.7 Å². The van der Waals surface area contributed by atoms with E-state index < -0.39 is 0 Å². The maximum absolute atomic E-state index is 5.69. The predicted molar refractivity (Wildman–Crippen MR) is 89.7 cm³/mol. The van der Waals surface area contributed by atoms with E-state index >= 15 is 0 Å². The normalized spacial score (nSPS) is 21.3. The average Bonchev–Trinajstić information content (AvgIpc) is 2.77. The van der Waals surface area contributed by atoms with E-state index in [1.807, 2.05) is 0 Å². The first kappa shape index (κ1) is 16.4. The molecular weight excluding hydrogens is 258 g/mol. The lowest BCUT2D eigenvalue weighted by Gasteiger charge is -2.16. The van der Waals surface area contributed by atoms with E-state index in [4.69, 9.17) is 4.74 Å². The van der Waals surface area contributed by atoms with Gasteiger partial charge in [0.2, 0.25) is 0 Å². The second-order valence-corrected chi connectivity index (χ2v) is 7.86. The Bertz CT molecular complexity index is 459. The van der Waals surface area contributed by atoms with E-state index in [1.54, 1.807) is 0 Å². The molecule has 1 atom stereocenters. The smallest absolute Gasteiger partial charge is 0.119 e. The van der Waals surface area contributed by atoms with Crippen LogP contribution in [0.2, 0.25) is 0 Å². The van der Waals surface area contributed by atoms with Crippen molar-refractivity contribution in [3.8, 4) is 5.75 Å². The Kier molecular flexibility index (Phi) is 4.39. The molecule has 2 rings (SSSR count). The molecule has 1 unspecified atom stereocenters. The van der Waals surface area contributed by atoms with Crippen molar-refractivity contribution in [2.75, 3.05) is 6.54 Å². The highest BCUT2D eigenvalue weighted by Crippen LogP contribution is 2.68. The number of ether oxygens (including phenoxy) is 1. The molecule has 118 valence electrons. The highest BCUT2D eigenvalue weighted by molar-refractivity contribution is 5.29. The lowest BCUT2D eigenvalue weighted by atomic mass is 10.0. The van der Waals surface area contributed by atoms with Crippen LogP contribution in [-0.2, 0) is 0 Å². The third kappa shape index (κ3) is 3.26. The fourth-order valence-corrected chi connectivity index (χ4v) is 3.36. The number of hydrogen-bond acceptors (Lipinski definition) is 2. The molecule has 1 saturated carbocycles. The highest BCUT2D eigenvalue weighted by Gasteiger charge is 2.63. The van der Waals surface area contributed by atoms with Crippen LogP contribution in [0.5, 0.6) is 5.75 Å². The van der Waals surface area contributed by atoms with Gasteiger partial charge in [-0.1, -0.05) is 39.8 Å². The Morgan fingerprint density at radius 2 is 1.52 bits per heavy atom. The number of rotatable bonds is 6. The zero-order valence-corrected chi connectivity index (χ0v) is 14.7. The molecule has 1 fully saturated rings. The SMILES string of the molecule is CC(C)Oc1ccc(C(C)NCC2C(C)(C)C2(C)C)cc1. The highest BCUT2D eigenvalue weighted by atomic mass is 16.5. The monoisotopic (exact) mass is 289 g/mol. The fraction of sp³-hybridized carbons (Fsp3) is 0.684. The second kappa shape index (κ2) is 5.64. The molecular formula is C19H31NO. The minimum absolute atomic E-state index is 0.228. The van der Waals surface area contributed by atoms with E-state index in [-0.39, 0.29) is 6.10 Å². The Hall–Kier alpha value is -1.02. The Labute approximate surface area is 130 Å². The molecule has 2 nitrogen and oxygen atoms in total. The standard InChI is InChI=1S/C19H31NO/c1-13(2)21-16-10-8-15(9-11-16)14(3)20-12-17-18(4,5)19(17,6)7/h8-11,13-14,17,20H,12H2,1-7H3. The van der Waals surface area contributed by atoms with Crippen molar-refractivity contribution >= 4 is 0 Å². The molecule has 1 aromatic carbocycles. The molecule has 0 spiro atoms. The third-order valence-electron chi connectivity index (χ3n) is 5.70. The van der Waals surface area contributed by atoms with Crippen LogP contribution in [-0.4, -0.2) is 12.6 Å². The summed E-state index contributed by atoms with van der Waals surface area (Å²) in [5, 5.41) is 3.69. The van der Waals surface area contributed by atoms with Gasteiger partial charge in [0.05, 0.1) is 6.10 Å². The first-order chi connectivity index (χ1) is 9.66. The number of hydrogen-bond donors (Lipinski definition) is 1. The molecule has 1 aliphatic rings. The maximum atomic E-state index is 5.69. The molecule has 0 amide bonds. The Balaban J connectivity index is 1.88. The lowest BCUT2D eigenvalue weighted by Crippen LogP contribution is -2.23. The van der Waals surface area contributed by atoms with Crippen LogP contribution >= 0.6 is 0 Å². The second-order valence-electron chi connectivity index (χ2n) is 7.86. The van der Waals surface area contributed by atoms with Crippen LogP contribution in [0.15, 0.2) is 24.3 Å². The van der Waals surface area contributed by atoms with Gasteiger partial charge in [-0.2, -0.15) is 0 Å². The molecule has 2 heteroatoms. The fourth-order valence-electron chi connectivity index (χ4n) is 3.36. The van der Waals surface area contributed by atoms with Gasteiger partial charge in [-0.3, -0.25) is 0 Å². The summed E-state index contributed by atoms with van der Waals surface area (Å²) in [7, 11) is 0. The lowest BCUT2D eigenvalue weighted by molar-refractivity contribution is 0.242. The number of benzene rings is 1. The summed E-state index contributed by atoms with van der Waals surface area (Å²) < 4.78 is 5.69. The third-order valence-corrected chi connectivity index (χ3v) is 5.70. The maximum Gasteiger partial charge on any atom is 0.119 e. The minimum atomic E-state index is 0.228. The summed E-state index contributed by atoms with van der Waals surface area (Å²) in [6.07, 6.45) is 0.228. The summed E-state index contributed by atoms with van der Waals surface area (Å²) in [5.41, 5.74) is 2.23. The van der Waals surface area contributed by atoms with Crippen LogP contribution in [0.4, 0.5) is 0 Å². The van der Waals surface area contributed by atoms with Crippen molar-refractivity contribution in [2.45, 2.75) is 60.6 Å². The van der Waals surface area contributed by atoms with Crippen LogP contribution in [0, 0.1) is 16.7 Å². The summed E-state index contributed by atoms with van der Waals surface area (Å²) in [5.74, 6) is 1.71. The molecule has 1 N–H and O–H groups in total. The minimum Gasteiger partial charge on any atom is -0.491 e. The van der Waals surface area contributed by atoms with Gasteiger partial charge in [0.1, 0.15) is 5.75 Å². The van der Waals surface area contributed by atoms with Crippen LogP contribution in [0.3, 0.4) is 0 Å². The first-order valence-electron chi connectivity index (χ1n) is 8.16. The molecule has 21 heavy (non-hydrogen) atoms. The molecule has 0 saturated heterocycles. The van der Waals surface area contributed by atoms with Crippen molar-refractivity contribution in [1.82, 2.24) is 5.32 Å². The predicted octanol–water partition coefficient (Wildman–Crippen LogP) is 4.81. The quantitative estimate of drug-likeness (QED) is 0.811. The van der Waals surface area contributed by atoms with Gasteiger partial charge in [0.25, 0.3) is 0 Å². The largest absolute Gasteiger partial charge is 0.491 e. The van der Waals surface area contributed by atoms with Gasteiger partial charge in [-0.05, 0) is 61.8 Å². The van der Waals surface area contributed by atoms with Gasteiger partial charge >= 0.3 is 0 Å². The Morgan fingerprint density at radius 3 is 1.95 bits per heavy atom. The van der Waals surface area contributed by atoms with Crippen LogP contribution in [0.25, 0.3) is 0 Å². The molecule has 0 radical (unpaired) electrons. The zero-order chi connectivity index (χ0) is 15.8. The van der Waals surface area contributed by atoms with Gasteiger partial charge < -0.3 is 10.1 Å². The van der Waals surface area contributed by atoms with E-state index in [9.17, 15) is 0 Å². The molecule has 0 bridgehead atoms. The van der Waals surface area contributed by atoms with Crippen LogP contribution in [0.1, 0.15) is 60.1 Å². The molecule has 1 aromatic rings. The zero-order valence-electron chi connectivity index (χ0n) is 14.7. The first-order valence-corrected chi connectivity index (χ1v) is 8.16. The van der Waals surface area contributed by atoms with E-state index in [2.05, 4.69) is 78.0 Å². The van der Waals surface area contributed by atoms with Crippen molar-refractivity contribution in [3.05, 3.63) is 29.8 Å². The molecule has 0 aromatic heterocycles. The summed E-state index contributed by atoms with van der Waals surface area (Å²) in [6, 6.07) is 8.85. The van der Waals surface area contributed by atoms with E-state index in [0.717, 1.165) is 18.2 Å². The van der Waals surface area contributed by atoms with Crippen molar-refractivity contribution in [3.63, 3.8) is 0 Å². The Morgan fingerprint density at radius 1 is 1.00 bits per heavy atom. The number of nitrogens with one attached hydrogen (secondary N) is 1. The molecule has 1 aliphatic carbocycles. The van der Waals surface area contributed by atoms with E-state index in [0.29, 0.717) is 16.9 Å². The summed E-state index contributed by atoms with van der Waals surface area (Å²) >= 11 is 0. The van der Waals surface area contributed by atoms with Gasteiger partial charge in [-0.15, -0.1) is 0 Å². The van der Waals surface area contributed by atoms with E-state index in [1.165, 1.54) is 5.56 Å². The van der Waals surface area contributed by atoms with Gasteiger partial charge in [-0.25, -0.2) is 0 Å². The molecule has 0 heterocycles. The summed E-state index contributed by atoms with van der Waals surface area (Å²) in [6.45, 7) is 16.9. The molecule has 0 aliphatic heterocycles. The van der Waals surface area contributed by atoms with Crippen molar-refractivity contribution in [1.29, 1.82) is 0 Å². The van der Waals surface area contributed by atoms with Crippen molar-refractivity contribution < 1.29 is 4.74 Å². The van der Waals surface area contributed by atoms with Crippen LogP contribution < -0.4 is 10.1 Å². The average molecular weight is 289 g/mol. The van der Waals surface area contributed by atoms with Gasteiger partial charge in [0.15, 0.2) is 0 Å². The summed E-state index contributed by atoms with van der Waals surface area (Å²) in [4.78, 5) is 0. The van der Waals surface area contributed by atoms with Gasteiger partial charge in [0, 0.05) is 6.04 Å². The topological polar surface area (TPSA) is 21.3 Å².